The molecule has 2 aromatic heterocycles. The second kappa shape index (κ2) is 9.48. The number of aromatic nitrogens is 3. The summed E-state index contributed by atoms with van der Waals surface area (Å²) in [5, 5.41) is 3.26. The number of nitrogens with zero attached hydrogens (tertiary/aromatic N) is 3. The summed E-state index contributed by atoms with van der Waals surface area (Å²) in [5.41, 5.74) is 9.97. The number of aldehydes is 1. The normalized spacial score (nSPS) is 11.3. The molecule has 0 bridgehead atoms. The molecule has 2 heterocycles. The summed E-state index contributed by atoms with van der Waals surface area (Å²) in [6, 6.07) is 0. The fourth-order valence-electron chi connectivity index (χ4n) is 2.90. The van der Waals surface area contributed by atoms with Crippen LogP contribution in [0.15, 0.2) is 0 Å². The molecule has 0 amide bonds. The quantitative estimate of drug-likeness (QED) is 0.475. The van der Waals surface area contributed by atoms with Crippen LogP contribution < -0.4 is 11.1 Å². The number of hydrogen-bond acceptors (Lipinski definition) is 6. The molecular formula is C18H29N5O2. The smallest absolute Gasteiger partial charge is 0.151 e. The lowest BCUT2D eigenvalue weighted by atomic mass is 10.2. The first-order chi connectivity index (χ1) is 12.1. The molecule has 7 heteroatoms. The number of anilines is 1. The number of imidazole rings is 1. The molecule has 0 radical (unpaired) electrons. The topological polar surface area (TPSA) is 95.1 Å². The van der Waals surface area contributed by atoms with Crippen LogP contribution in [0.25, 0.3) is 11.0 Å². The van der Waals surface area contributed by atoms with Crippen LogP contribution >= 0.6 is 0 Å². The molecule has 0 saturated carbocycles. The Labute approximate surface area is 149 Å². The standard InChI is InChI=1S/C18H29N5O2/c1-4-15-22-16-17(13(2)14(3)21-18(16)19)23(15)9-12-25-11-8-20-7-5-6-10-24/h10,20H,4-9,11-12H2,1-3H3,(H2,19,21). The first-order valence-electron chi connectivity index (χ1n) is 8.94. The zero-order valence-corrected chi connectivity index (χ0v) is 15.5. The van der Waals surface area contributed by atoms with E-state index in [4.69, 9.17) is 10.5 Å². The Bertz CT molecular complexity index is 711. The minimum Gasteiger partial charge on any atom is -0.382 e. The number of hydrogen-bond donors (Lipinski definition) is 2. The number of unbranched alkanes of at least 4 members (excludes halogenated alkanes) is 1. The molecule has 0 unspecified atom stereocenters. The summed E-state index contributed by atoms with van der Waals surface area (Å²) >= 11 is 0. The van der Waals surface area contributed by atoms with Gasteiger partial charge in [0.05, 0.1) is 18.7 Å². The third-order valence-electron chi connectivity index (χ3n) is 4.35. The van der Waals surface area contributed by atoms with Gasteiger partial charge in [0.25, 0.3) is 0 Å². The number of aryl methyl sites for hydroxylation is 3. The molecule has 25 heavy (non-hydrogen) atoms. The van der Waals surface area contributed by atoms with Gasteiger partial charge in [-0.15, -0.1) is 0 Å². The highest BCUT2D eigenvalue weighted by Crippen LogP contribution is 2.26. The van der Waals surface area contributed by atoms with E-state index in [2.05, 4.69) is 33.7 Å². The minimum atomic E-state index is 0.493. The maximum Gasteiger partial charge on any atom is 0.151 e. The third-order valence-corrected chi connectivity index (χ3v) is 4.35. The van der Waals surface area contributed by atoms with E-state index in [1.165, 1.54) is 0 Å². The fraction of sp³-hybridized carbons (Fsp3) is 0.611. The monoisotopic (exact) mass is 347 g/mol. The van der Waals surface area contributed by atoms with Crippen LogP contribution in [0.2, 0.25) is 0 Å². The number of ether oxygens (including phenoxy) is 1. The lowest BCUT2D eigenvalue weighted by Crippen LogP contribution is -2.22. The van der Waals surface area contributed by atoms with Crippen LogP contribution in [-0.4, -0.2) is 47.1 Å². The van der Waals surface area contributed by atoms with Crippen LogP contribution in [0, 0.1) is 13.8 Å². The summed E-state index contributed by atoms with van der Waals surface area (Å²) in [6.07, 6.45) is 3.27. The predicted octanol–water partition coefficient (Wildman–Crippen LogP) is 1.78. The average Bonchev–Trinajstić information content (AvgIpc) is 2.97. The number of nitrogen functional groups attached to an aromatic ring is 1. The van der Waals surface area contributed by atoms with Gasteiger partial charge >= 0.3 is 0 Å². The Kier molecular flexibility index (Phi) is 7.33. The fourth-order valence-corrected chi connectivity index (χ4v) is 2.90. The average molecular weight is 347 g/mol. The number of nitrogens with two attached hydrogens (primary N) is 1. The van der Waals surface area contributed by atoms with Crippen LogP contribution in [0.5, 0.6) is 0 Å². The van der Waals surface area contributed by atoms with E-state index in [1.54, 1.807) is 0 Å². The molecule has 0 atom stereocenters. The molecule has 0 spiro atoms. The Morgan fingerprint density at radius 1 is 1.24 bits per heavy atom. The van der Waals surface area contributed by atoms with Gasteiger partial charge in [-0.3, -0.25) is 0 Å². The van der Waals surface area contributed by atoms with Crippen molar-refractivity contribution in [1.82, 2.24) is 19.9 Å². The molecule has 0 aliphatic rings. The highest BCUT2D eigenvalue weighted by molar-refractivity contribution is 5.88. The number of nitrogens with one attached hydrogen (secondary N) is 1. The van der Waals surface area contributed by atoms with E-state index in [0.717, 1.165) is 66.9 Å². The highest BCUT2D eigenvalue weighted by Gasteiger charge is 2.16. The zero-order valence-electron chi connectivity index (χ0n) is 15.5. The van der Waals surface area contributed by atoms with Gasteiger partial charge in [0.15, 0.2) is 5.82 Å². The Morgan fingerprint density at radius 2 is 2.04 bits per heavy atom. The van der Waals surface area contributed by atoms with Crippen molar-refractivity contribution in [2.24, 2.45) is 0 Å². The van der Waals surface area contributed by atoms with Crippen molar-refractivity contribution in [3.8, 4) is 0 Å². The summed E-state index contributed by atoms with van der Waals surface area (Å²) in [5.74, 6) is 1.50. The van der Waals surface area contributed by atoms with E-state index in [-0.39, 0.29) is 0 Å². The number of carbonyl (C=O) groups excluding carboxylic acids is 1. The van der Waals surface area contributed by atoms with Gasteiger partial charge in [-0.2, -0.15) is 0 Å². The van der Waals surface area contributed by atoms with Crippen molar-refractivity contribution >= 4 is 23.1 Å². The maximum absolute atomic E-state index is 10.2. The number of pyridine rings is 1. The van der Waals surface area contributed by atoms with Crippen molar-refractivity contribution < 1.29 is 9.53 Å². The van der Waals surface area contributed by atoms with Crippen LogP contribution in [-0.2, 0) is 22.5 Å². The zero-order chi connectivity index (χ0) is 18.2. The third kappa shape index (κ3) is 4.76. The van der Waals surface area contributed by atoms with E-state index in [1.807, 2.05) is 6.92 Å². The Balaban J connectivity index is 1.93. The molecule has 3 N–H and O–H groups in total. The van der Waals surface area contributed by atoms with Gasteiger partial charge in [0.1, 0.15) is 17.6 Å². The van der Waals surface area contributed by atoms with E-state index < -0.39 is 0 Å². The molecule has 2 aromatic rings. The van der Waals surface area contributed by atoms with Gasteiger partial charge in [-0.1, -0.05) is 6.92 Å². The summed E-state index contributed by atoms with van der Waals surface area (Å²) < 4.78 is 7.94. The largest absolute Gasteiger partial charge is 0.382 e. The lowest BCUT2D eigenvalue weighted by Gasteiger charge is -2.12. The van der Waals surface area contributed by atoms with Crippen molar-refractivity contribution in [1.29, 1.82) is 0 Å². The summed E-state index contributed by atoms with van der Waals surface area (Å²) in [6.45, 7) is 9.78. The Hall–Kier alpha value is -1.99. The summed E-state index contributed by atoms with van der Waals surface area (Å²) in [4.78, 5) is 19.3. The van der Waals surface area contributed by atoms with Gasteiger partial charge in [0, 0.05) is 31.6 Å². The first kappa shape index (κ1) is 19.3. The number of fused-ring (bicyclic) bond motifs is 1. The molecule has 0 aliphatic heterocycles. The van der Waals surface area contributed by atoms with Gasteiger partial charge < -0.3 is 25.1 Å². The minimum absolute atomic E-state index is 0.493. The SMILES string of the molecule is CCc1nc2c(N)nc(C)c(C)c2n1CCOCCNCCCC=O. The van der Waals surface area contributed by atoms with Gasteiger partial charge in [0.2, 0.25) is 0 Å². The van der Waals surface area contributed by atoms with Crippen molar-refractivity contribution in [2.75, 3.05) is 32.0 Å². The van der Waals surface area contributed by atoms with E-state index in [9.17, 15) is 4.79 Å². The molecule has 0 aromatic carbocycles. The van der Waals surface area contributed by atoms with Gasteiger partial charge in [-0.25, -0.2) is 9.97 Å². The second-order valence-corrected chi connectivity index (χ2v) is 6.11. The first-order valence-corrected chi connectivity index (χ1v) is 8.94. The number of rotatable bonds is 11. The molecule has 7 nitrogen and oxygen atoms in total. The van der Waals surface area contributed by atoms with Crippen molar-refractivity contribution in [3.63, 3.8) is 0 Å². The highest BCUT2D eigenvalue weighted by atomic mass is 16.5. The van der Waals surface area contributed by atoms with Crippen LogP contribution in [0.1, 0.15) is 36.8 Å². The Morgan fingerprint density at radius 3 is 2.76 bits per heavy atom. The van der Waals surface area contributed by atoms with Gasteiger partial charge in [-0.05, 0) is 32.4 Å². The lowest BCUT2D eigenvalue weighted by molar-refractivity contribution is -0.107. The second-order valence-electron chi connectivity index (χ2n) is 6.11. The van der Waals surface area contributed by atoms with Crippen LogP contribution in [0.4, 0.5) is 5.82 Å². The molecule has 0 aliphatic carbocycles. The molecule has 0 saturated heterocycles. The molecular weight excluding hydrogens is 318 g/mol. The molecule has 138 valence electrons. The van der Waals surface area contributed by atoms with E-state index in [0.29, 0.717) is 25.5 Å². The maximum atomic E-state index is 10.2. The summed E-state index contributed by atoms with van der Waals surface area (Å²) in [7, 11) is 0. The van der Waals surface area contributed by atoms with E-state index >= 15 is 0 Å². The predicted molar refractivity (Wildman–Crippen MR) is 99.8 cm³/mol. The molecule has 2 rings (SSSR count). The van der Waals surface area contributed by atoms with Crippen molar-refractivity contribution in [3.05, 3.63) is 17.1 Å². The van der Waals surface area contributed by atoms with Crippen molar-refractivity contribution in [2.45, 2.75) is 46.6 Å². The molecule has 0 fully saturated rings. The number of carbonyl (C=O) groups is 1. The van der Waals surface area contributed by atoms with Crippen LogP contribution in [0.3, 0.4) is 0 Å².